The SMILES string of the molecule is CCCCCCCCC(C)=O.OCCOc1ccccc1. The van der Waals surface area contributed by atoms with Crippen LogP contribution in [0.3, 0.4) is 0 Å². The summed E-state index contributed by atoms with van der Waals surface area (Å²) in [7, 11) is 0. The number of aliphatic hydroxyl groups is 1. The van der Waals surface area contributed by atoms with Gasteiger partial charge >= 0.3 is 0 Å². The number of unbranched alkanes of at least 4 members (excludes halogenated alkanes) is 5. The maximum atomic E-state index is 10.5. The predicted molar refractivity (Wildman–Crippen MR) is 87.7 cm³/mol. The van der Waals surface area contributed by atoms with Crippen LogP contribution in [0.25, 0.3) is 0 Å². The Morgan fingerprint density at radius 2 is 1.67 bits per heavy atom. The van der Waals surface area contributed by atoms with Crippen LogP contribution in [0.5, 0.6) is 5.75 Å². The first-order valence-corrected chi connectivity index (χ1v) is 7.98. The quantitative estimate of drug-likeness (QED) is 0.651. The molecule has 0 aromatic heterocycles. The van der Waals surface area contributed by atoms with E-state index in [1.54, 1.807) is 6.92 Å². The lowest BCUT2D eigenvalue weighted by atomic mass is 10.1. The maximum Gasteiger partial charge on any atom is 0.129 e. The molecule has 0 amide bonds. The zero-order chi connectivity index (χ0) is 15.8. The van der Waals surface area contributed by atoms with Crippen molar-refractivity contribution in [2.45, 2.75) is 58.8 Å². The average molecular weight is 294 g/mol. The Balaban J connectivity index is 0.000000382. The number of para-hydroxylation sites is 1. The van der Waals surface area contributed by atoms with E-state index in [-0.39, 0.29) is 6.61 Å². The number of hydrogen-bond acceptors (Lipinski definition) is 3. The van der Waals surface area contributed by atoms with Crippen molar-refractivity contribution in [3.05, 3.63) is 30.3 Å². The number of hydrogen-bond donors (Lipinski definition) is 1. The summed E-state index contributed by atoms with van der Waals surface area (Å²) >= 11 is 0. The number of carbonyl (C=O) groups is 1. The molecule has 21 heavy (non-hydrogen) atoms. The molecule has 0 heterocycles. The lowest BCUT2D eigenvalue weighted by Crippen LogP contribution is -2.00. The highest BCUT2D eigenvalue weighted by atomic mass is 16.5. The summed E-state index contributed by atoms with van der Waals surface area (Å²) < 4.78 is 5.11. The summed E-state index contributed by atoms with van der Waals surface area (Å²) in [5, 5.41) is 8.40. The second-order valence-electron chi connectivity index (χ2n) is 5.10. The second kappa shape index (κ2) is 15.0. The van der Waals surface area contributed by atoms with Gasteiger partial charge in [-0.05, 0) is 25.5 Å². The molecule has 1 aromatic rings. The molecular formula is C18H30O3. The summed E-state index contributed by atoms with van der Waals surface area (Å²) in [6.45, 7) is 4.32. The van der Waals surface area contributed by atoms with E-state index in [0.717, 1.165) is 18.6 Å². The van der Waals surface area contributed by atoms with Gasteiger partial charge in [-0.15, -0.1) is 0 Å². The minimum absolute atomic E-state index is 0.0644. The zero-order valence-corrected chi connectivity index (χ0v) is 13.5. The van der Waals surface area contributed by atoms with E-state index in [2.05, 4.69) is 6.92 Å². The fraction of sp³-hybridized carbons (Fsp3) is 0.611. The van der Waals surface area contributed by atoms with E-state index >= 15 is 0 Å². The largest absolute Gasteiger partial charge is 0.491 e. The van der Waals surface area contributed by atoms with Crippen molar-refractivity contribution in [3.63, 3.8) is 0 Å². The highest BCUT2D eigenvalue weighted by Crippen LogP contribution is 2.07. The number of rotatable bonds is 10. The van der Waals surface area contributed by atoms with Gasteiger partial charge in [0.2, 0.25) is 0 Å². The first-order chi connectivity index (χ1) is 10.2. The smallest absolute Gasteiger partial charge is 0.129 e. The Morgan fingerprint density at radius 1 is 1.05 bits per heavy atom. The Kier molecular flexibility index (Phi) is 14.1. The number of benzene rings is 1. The molecule has 0 aliphatic heterocycles. The molecule has 0 atom stereocenters. The molecule has 0 spiro atoms. The predicted octanol–water partition coefficient (Wildman–Crippen LogP) is 4.38. The molecule has 0 unspecified atom stereocenters. The van der Waals surface area contributed by atoms with Crippen molar-refractivity contribution < 1.29 is 14.6 Å². The van der Waals surface area contributed by atoms with Gasteiger partial charge in [-0.3, -0.25) is 0 Å². The molecule has 0 saturated heterocycles. The van der Waals surface area contributed by atoms with Crippen LogP contribution in [0.1, 0.15) is 58.8 Å². The molecule has 0 saturated carbocycles. The Labute approximate surface area is 129 Å². The fourth-order valence-electron chi connectivity index (χ4n) is 1.83. The van der Waals surface area contributed by atoms with E-state index < -0.39 is 0 Å². The minimum atomic E-state index is 0.0644. The summed E-state index contributed by atoms with van der Waals surface area (Å²) in [6.07, 6.45) is 8.41. The van der Waals surface area contributed by atoms with E-state index in [9.17, 15) is 4.79 Å². The molecule has 1 N–H and O–H groups in total. The van der Waals surface area contributed by atoms with Crippen LogP contribution < -0.4 is 4.74 Å². The normalized spacial score (nSPS) is 9.67. The van der Waals surface area contributed by atoms with Gasteiger partial charge in [0.25, 0.3) is 0 Å². The van der Waals surface area contributed by atoms with E-state index in [1.165, 1.54) is 32.1 Å². The van der Waals surface area contributed by atoms with Crippen molar-refractivity contribution in [2.24, 2.45) is 0 Å². The topological polar surface area (TPSA) is 46.5 Å². The number of ether oxygens (including phenoxy) is 1. The highest BCUT2D eigenvalue weighted by molar-refractivity contribution is 5.75. The Hall–Kier alpha value is -1.35. The Morgan fingerprint density at radius 3 is 2.24 bits per heavy atom. The first kappa shape index (κ1) is 19.7. The van der Waals surface area contributed by atoms with Crippen molar-refractivity contribution in [2.75, 3.05) is 13.2 Å². The fourth-order valence-corrected chi connectivity index (χ4v) is 1.83. The molecule has 0 bridgehead atoms. The lowest BCUT2D eigenvalue weighted by Gasteiger charge is -2.01. The number of carbonyl (C=O) groups excluding carboxylic acids is 1. The van der Waals surface area contributed by atoms with E-state index in [0.29, 0.717) is 12.4 Å². The third-order valence-electron chi connectivity index (χ3n) is 2.99. The monoisotopic (exact) mass is 294 g/mol. The molecule has 120 valence electrons. The number of aliphatic hydroxyl groups excluding tert-OH is 1. The van der Waals surface area contributed by atoms with E-state index in [1.807, 2.05) is 30.3 Å². The minimum Gasteiger partial charge on any atom is -0.491 e. The molecule has 0 aliphatic rings. The molecule has 0 fully saturated rings. The van der Waals surface area contributed by atoms with Crippen LogP contribution in [0.4, 0.5) is 0 Å². The van der Waals surface area contributed by atoms with Crippen molar-refractivity contribution in [1.82, 2.24) is 0 Å². The molecule has 1 rings (SSSR count). The lowest BCUT2D eigenvalue weighted by molar-refractivity contribution is -0.117. The van der Waals surface area contributed by atoms with Crippen LogP contribution in [-0.4, -0.2) is 24.1 Å². The number of ketones is 1. The van der Waals surface area contributed by atoms with Gasteiger partial charge in [0.15, 0.2) is 0 Å². The van der Waals surface area contributed by atoms with Crippen LogP contribution in [0, 0.1) is 0 Å². The van der Waals surface area contributed by atoms with Gasteiger partial charge in [0.1, 0.15) is 18.1 Å². The molecule has 0 radical (unpaired) electrons. The third kappa shape index (κ3) is 14.9. The van der Waals surface area contributed by atoms with Crippen molar-refractivity contribution in [3.8, 4) is 5.75 Å². The van der Waals surface area contributed by atoms with Gasteiger partial charge < -0.3 is 14.6 Å². The van der Waals surface area contributed by atoms with Crippen LogP contribution in [0.2, 0.25) is 0 Å². The van der Waals surface area contributed by atoms with E-state index in [4.69, 9.17) is 9.84 Å². The van der Waals surface area contributed by atoms with Crippen LogP contribution in [0.15, 0.2) is 30.3 Å². The molecular weight excluding hydrogens is 264 g/mol. The highest BCUT2D eigenvalue weighted by Gasteiger charge is 1.93. The third-order valence-corrected chi connectivity index (χ3v) is 2.99. The average Bonchev–Trinajstić information content (AvgIpc) is 2.50. The van der Waals surface area contributed by atoms with Gasteiger partial charge in [0, 0.05) is 6.42 Å². The second-order valence-corrected chi connectivity index (χ2v) is 5.10. The van der Waals surface area contributed by atoms with Crippen molar-refractivity contribution >= 4 is 5.78 Å². The molecule has 3 nitrogen and oxygen atoms in total. The molecule has 0 aliphatic carbocycles. The van der Waals surface area contributed by atoms with Gasteiger partial charge in [-0.25, -0.2) is 0 Å². The Bertz CT molecular complexity index is 336. The summed E-state index contributed by atoms with van der Waals surface area (Å²) in [5.41, 5.74) is 0. The van der Waals surface area contributed by atoms with Gasteiger partial charge in [0.05, 0.1) is 6.61 Å². The van der Waals surface area contributed by atoms with Crippen LogP contribution >= 0.6 is 0 Å². The molecule has 1 aromatic carbocycles. The zero-order valence-electron chi connectivity index (χ0n) is 13.5. The van der Waals surface area contributed by atoms with Crippen molar-refractivity contribution in [1.29, 1.82) is 0 Å². The van der Waals surface area contributed by atoms with Crippen LogP contribution in [-0.2, 0) is 4.79 Å². The summed E-state index contributed by atoms with van der Waals surface area (Å²) in [5.74, 6) is 1.14. The first-order valence-electron chi connectivity index (χ1n) is 7.98. The molecule has 3 heteroatoms. The van der Waals surface area contributed by atoms with Gasteiger partial charge in [-0.2, -0.15) is 0 Å². The summed E-state index contributed by atoms with van der Waals surface area (Å²) in [4.78, 5) is 10.5. The number of Topliss-reactive ketones (excluding diaryl/α,β-unsaturated/α-hetero) is 1. The summed E-state index contributed by atoms with van der Waals surface area (Å²) in [6, 6.07) is 9.43. The maximum absolute atomic E-state index is 10.5. The van der Waals surface area contributed by atoms with Gasteiger partial charge in [-0.1, -0.05) is 57.2 Å². The standard InChI is InChI=1S/C10H20O.C8H10O2/c1-3-4-5-6-7-8-9-10(2)11;9-6-7-10-8-4-2-1-3-5-8/h3-9H2,1-2H3;1-5,9H,6-7H2.